The minimum atomic E-state index is -1.12. The topological polar surface area (TPSA) is 71.7 Å². The summed E-state index contributed by atoms with van der Waals surface area (Å²) in [4.78, 5) is 11.8. The first kappa shape index (κ1) is 17.7. The van der Waals surface area contributed by atoms with Gasteiger partial charge in [0.25, 0.3) is 5.91 Å². The number of amides is 1. The third kappa shape index (κ3) is 5.78. The zero-order valence-corrected chi connectivity index (χ0v) is 14.0. The fourth-order valence-corrected chi connectivity index (χ4v) is 2.39. The van der Waals surface area contributed by atoms with E-state index in [9.17, 15) is 9.90 Å². The zero-order valence-electron chi connectivity index (χ0n) is 12.5. The summed E-state index contributed by atoms with van der Waals surface area (Å²) in [7, 11) is 0. The maximum absolute atomic E-state index is 11.8. The van der Waals surface area contributed by atoms with Crippen LogP contribution in [0.15, 0.2) is 41.0 Å². The average molecular weight is 358 g/mol. The van der Waals surface area contributed by atoms with Gasteiger partial charge in [-0.2, -0.15) is 0 Å². The molecule has 124 valence electrons. The highest BCUT2D eigenvalue weighted by molar-refractivity contribution is 6.35. The van der Waals surface area contributed by atoms with Gasteiger partial charge < -0.3 is 19.6 Å². The van der Waals surface area contributed by atoms with Crippen molar-refractivity contribution in [1.82, 2.24) is 5.32 Å². The quantitative estimate of drug-likeness (QED) is 0.798. The number of aliphatic hydroxyl groups is 1. The molecule has 2 rings (SSSR count). The summed E-state index contributed by atoms with van der Waals surface area (Å²) in [5.41, 5.74) is -1.12. The molecule has 1 amide bonds. The molecule has 0 saturated heterocycles. The van der Waals surface area contributed by atoms with E-state index in [0.29, 0.717) is 28.0 Å². The summed E-state index contributed by atoms with van der Waals surface area (Å²) < 4.78 is 10.5. The van der Waals surface area contributed by atoms with E-state index in [4.69, 9.17) is 32.4 Å². The van der Waals surface area contributed by atoms with Gasteiger partial charge >= 0.3 is 0 Å². The van der Waals surface area contributed by atoms with Crippen molar-refractivity contribution in [3.05, 3.63) is 52.4 Å². The number of nitrogens with one attached hydrogen (secondary N) is 1. The van der Waals surface area contributed by atoms with E-state index < -0.39 is 5.60 Å². The molecule has 0 spiro atoms. The Balaban J connectivity index is 1.78. The monoisotopic (exact) mass is 357 g/mol. The zero-order chi connectivity index (χ0) is 16.9. The van der Waals surface area contributed by atoms with Gasteiger partial charge in [-0.25, -0.2) is 0 Å². The molecule has 0 aliphatic carbocycles. The summed E-state index contributed by atoms with van der Waals surface area (Å²) in [5.74, 6) is 0.651. The summed E-state index contributed by atoms with van der Waals surface area (Å²) in [6.45, 7) is 1.48. The van der Waals surface area contributed by atoms with Crippen LogP contribution in [0.25, 0.3) is 0 Å². The van der Waals surface area contributed by atoms with E-state index in [0.717, 1.165) is 0 Å². The van der Waals surface area contributed by atoms with Gasteiger partial charge in [0.1, 0.15) is 11.5 Å². The second-order valence-corrected chi connectivity index (χ2v) is 6.24. The molecule has 23 heavy (non-hydrogen) atoms. The van der Waals surface area contributed by atoms with Crippen molar-refractivity contribution < 1.29 is 19.1 Å². The van der Waals surface area contributed by atoms with Gasteiger partial charge in [0.2, 0.25) is 0 Å². The van der Waals surface area contributed by atoms with E-state index in [-0.39, 0.29) is 19.1 Å². The number of carbonyl (C=O) groups excluding carboxylic acids is 1. The Hall–Kier alpha value is -1.69. The lowest BCUT2D eigenvalue weighted by Gasteiger charge is -2.22. The number of rotatable bonds is 7. The lowest BCUT2D eigenvalue weighted by atomic mass is 10.0. The van der Waals surface area contributed by atoms with Crippen LogP contribution < -0.4 is 10.1 Å². The molecule has 2 aromatic rings. The first-order chi connectivity index (χ1) is 10.9. The molecule has 7 heteroatoms. The maximum Gasteiger partial charge on any atom is 0.258 e. The van der Waals surface area contributed by atoms with Crippen LogP contribution in [0.5, 0.6) is 5.75 Å². The van der Waals surface area contributed by atoms with E-state index in [2.05, 4.69) is 5.32 Å². The fourth-order valence-electron chi connectivity index (χ4n) is 1.93. The van der Waals surface area contributed by atoms with Gasteiger partial charge in [-0.15, -0.1) is 0 Å². The molecule has 1 heterocycles. The maximum atomic E-state index is 11.8. The molecule has 0 bridgehead atoms. The Bertz CT molecular complexity index is 656. The van der Waals surface area contributed by atoms with Crippen LogP contribution in [0.2, 0.25) is 10.0 Å². The van der Waals surface area contributed by atoms with Crippen LogP contribution in [-0.2, 0) is 11.2 Å². The van der Waals surface area contributed by atoms with Crippen molar-refractivity contribution in [2.75, 3.05) is 13.2 Å². The summed E-state index contributed by atoms with van der Waals surface area (Å²) in [6.07, 6.45) is 1.83. The Morgan fingerprint density at radius 3 is 2.83 bits per heavy atom. The van der Waals surface area contributed by atoms with Gasteiger partial charge in [0.05, 0.1) is 16.9 Å². The predicted octanol–water partition coefficient (Wildman–Crippen LogP) is 3.08. The number of halogens is 2. The van der Waals surface area contributed by atoms with Gasteiger partial charge in [-0.3, -0.25) is 4.79 Å². The second kappa shape index (κ2) is 7.73. The van der Waals surface area contributed by atoms with Crippen LogP contribution in [0.3, 0.4) is 0 Å². The lowest BCUT2D eigenvalue weighted by molar-refractivity contribution is -0.124. The SMILES string of the molecule is CC(O)(CNC(=O)COc1ccc(Cl)cc1Cl)Cc1ccco1. The third-order valence-electron chi connectivity index (χ3n) is 3.05. The van der Waals surface area contributed by atoms with Crippen molar-refractivity contribution in [3.63, 3.8) is 0 Å². The highest BCUT2D eigenvalue weighted by Gasteiger charge is 2.23. The summed E-state index contributed by atoms with van der Waals surface area (Å²) in [6, 6.07) is 8.25. The third-order valence-corrected chi connectivity index (χ3v) is 3.58. The molecule has 0 aliphatic heterocycles. The molecular weight excluding hydrogens is 341 g/mol. The van der Waals surface area contributed by atoms with Gasteiger partial charge in [0, 0.05) is 18.0 Å². The van der Waals surface area contributed by atoms with E-state index in [1.807, 2.05) is 0 Å². The van der Waals surface area contributed by atoms with Gasteiger partial charge in [-0.05, 0) is 37.3 Å². The van der Waals surface area contributed by atoms with E-state index in [1.165, 1.54) is 12.3 Å². The predicted molar refractivity (Wildman–Crippen MR) is 88.0 cm³/mol. The molecule has 0 aliphatic rings. The number of hydrogen-bond acceptors (Lipinski definition) is 4. The molecule has 1 aromatic carbocycles. The molecule has 5 nitrogen and oxygen atoms in total. The minimum Gasteiger partial charge on any atom is -0.482 e. The Labute approximate surface area is 144 Å². The highest BCUT2D eigenvalue weighted by Crippen LogP contribution is 2.27. The van der Waals surface area contributed by atoms with Crippen LogP contribution in [0.1, 0.15) is 12.7 Å². The molecule has 1 atom stereocenters. The number of benzene rings is 1. The average Bonchev–Trinajstić information content (AvgIpc) is 2.96. The Kier molecular flexibility index (Phi) is 5.93. The lowest BCUT2D eigenvalue weighted by Crippen LogP contribution is -2.43. The normalized spacial score (nSPS) is 13.4. The first-order valence-corrected chi connectivity index (χ1v) is 7.71. The molecular formula is C16H17Cl2NO4. The number of furan rings is 1. The van der Waals surface area contributed by atoms with Crippen molar-refractivity contribution in [2.45, 2.75) is 18.9 Å². The molecule has 2 N–H and O–H groups in total. The van der Waals surface area contributed by atoms with E-state index in [1.54, 1.807) is 31.2 Å². The van der Waals surface area contributed by atoms with Crippen LogP contribution in [-0.4, -0.2) is 29.8 Å². The van der Waals surface area contributed by atoms with Gasteiger partial charge in [-0.1, -0.05) is 23.2 Å². The second-order valence-electron chi connectivity index (χ2n) is 5.39. The Morgan fingerprint density at radius 2 is 2.17 bits per heavy atom. The number of ether oxygens (including phenoxy) is 1. The summed E-state index contributed by atoms with van der Waals surface area (Å²) >= 11 is 11.7. The molecule has 0 fully saturated rings. The number of hydrogen-bond donors (Lipinski definition) is 2. The fraction of sp³-hybridized carbons (Fsp3) is 0.312. The number of carbonyl (C=O) groups is 1. The summed E-state index contributed by atoms with van der Waals surface area (Å²) in [5, 5.41) is 13.7. The van der Waals surface area contributed by atoms with E-state index >= 15 is 0 Å². The Morgan fingerprint density at radius 1 is 1.39 bits per heavy atom. The van der Waals surface area contributed by atoms with Crippen molar-refractivity contribution in [3.8, 4) is 5.75 Å². The molecule has 1 aromatic heterocycles. The van der Waals surface area contributed by atoms with Gasteiger partial charge in [0.15, 0.2) is 6.61 Å². The van der Waals surface area contributed by atoms with Crippen LogP contribution >= 0.6 is 23.2 Å². The minimum absolute atomic E-state index is 0.0737. The standard InChI is InChI=1S/C16H17Cl2NO4/c1-16(21,8-12-3-2-6-22-12)10-19-15(20)9-23-14-5-4-11(17)7-13(14)18/h2-7,21H,8-10H2,1H3,(H,19,20). The van der Waals surface area contributed by atoms with Crippen molar-refractivity contribution >= 4 is 29.1 Å². The first-order valence-electron chi connectivity index (χ1n) is 6.95. The molecule has 0 radical (unpaired) electrons. The highest BCUT2D eigenvalue weighted by atomic mass is 35.5. The van der Waals surface area contributed by atoms with Crippen molar-refractivity contribution in [1.29, 1.82) is 0 Å². The van der Waals surface area contributed by atoms with Crippen molar-refractivity contribution in [2.24, 2.45) is 0 Å². The van der Waals surface area contributed by atoms with Crippen LogP contribution in [0.4, 0.5) is 0 Å². The van der Waals surface area contributed by atoms with Crippen LogP contribution in [0, 0.1) is 0 Å². The molecule has 1 unspecified atom stereocenters. The largest absolute Gasteiger partial charge is 0.482 e. The molecule has 0 saturated carbocycles. The smallest absolute Gasteiger partial charge is 0.258 e.